The molecule has 0 atom stereocenters. The lowest BCUT2D eigenvalue weighted by Gasteiger charge is -2.23. The summed E-state index contributed by atoms with van der Waals surface area (Å²) in [7, 11) is 0. The van der Waals surface area contributed by atoms with Crippen LogP contribution in [0, 0.1) is 0 Å². The van der Waals surface area contributed by atoms with E-state index in [1.165, 1.54) is 25.6 Å². The van der Waals surface area contributed by atoms with E-state index in [-0.39, 0.29) is 6.10 Å². The Morgan fingerprint density at radius 3 is 2.41 bits per heavy atom. The molecule has 1 aliphatic rings. The van der Waals surface area contributed by atoms with Gasteiger partial charge in [0.05, 0.1) is 0 Å². The van der Waals surface area contributed by atoms with E-state index in [1.807, 2.05) is 24.3 Å². The van der Waals surface area contributed by atoms with Crippen molar-refractivity contribution in [3.8, 4) is 17.5 Å². The first-order valence-electron chi connectivity index (χ1n) is 7.43. The molecule has 0 spiro atoms. The smallest absolute Gasteiger partial charge is 0.249 e. The molecular formula is C16H18BrN3O2. The van der Waals surface area contributed by atoms with Gasteiger partial charge >= 0.3 is 0 Å². The molecule has 1 saturated carbocycles. The van der Waals surface area contributed by atoms with E-state index < -0.39 is 0 Å². The van der Waals surface area contributed by atoms with Crippen molar-refractivity contribution in [1.29, 1.82) is 0 Å². The zero-order valence-corrected chi connectivity index (χ0v) is 13.8. The molecule has 6 heteroatoms. The summed E-state index contributed by atoms with van der Waals surface area (Å²) < 4.78 is 12.6. The number of nitrogen functional groups attached to an aromatic ring is 1. The van der Waals surface area contributed by atoms with Gasteiger partial charge in [0.1, 0.15) is 18.2 Å². The highest BCUT2D eigenvalue weighted by Crippen LogP contribution is 2.33. The van der Waals surface area contributed by atoms with E-state index in [4.69, 9.17) is 15.2 Å². The Morgan fingerprint density at radius 1 is 1.00 bits per heavy atom. The lowest BCUT2D eigenvalue weighted by atomic mass is 9.98. The maximum absolute atomic E-state index is 6.09. The summed E-state index contributed by atoms with van der Waals surface area (Å²) in [5.74, 6) is 1.40. The lowest BCUT2D eigenvalue weighted by molar-refractivity contribution is 0.149. The summed E-state index contributed by atoms with van der Waals surface area (Å²) in [5, 5.41) is 0. The molecule has 0 radical (unpaired) electrons. The average molecular weight is 364 g/mol. The second-order valence-electron chi connectivity index (χ2n) is 5.33. The summed E-state index contributed by atoms with van der Waals surface area (Å²) in [5.41, 5.74) is 6.44. The molecule has 0 amide bonds. The van der Waals surface area contributed by atoms with Crippen LogP contribution >= 0.6 is 15.9 Å². The molecular weight excluding hydrogens is 346 g/mol. The molecule has 22 heavy (non-hydrogen) atoms. The monoisotopic (exact) mass is 363 g/mol. The number of ether oxygens (including phenoxy) is 2. The predicted molar refractivity (Wildman–Crippen MR) is 88.2 cm³/mol. The molecule has 0 aliphatic heterocycles. The largest absolute Gasteiger partial charge is 0.473 e. The Balaban J connectivity index is 1.74. The van der Waals surface area contributed by atoms with E-state index in [1.54, 1.807) is 0 Å². The molecule has 1 fully saturated rings. The van der Waals surface area contributed by atoms with Crippen LogP contribution in [-0.4, -0.2) is 16.1 Å². The van der Waals surface area contributed by atoms with Gasteiger partial charge in [0.25, 0.3) is 0 Å². The molecule has 1 aromatic carbocycles. The second kappa shape index (κ2) is 6.96. The van der Waals surface area contributed by atoms with Crippen LogP contribution in [0.5, 0.6) is 17.5 Å². The fraction of sp³-hybridized carbons (Fsp3) is 0.375. The Kier molecular flexibility index (Phi) is 4.77. The summed E-state index contributed by atoms with van der Waals surface area (Å²) in [6, 6.07) is 7.47. The van der Waals surface area contributed by atoms with Crippen LogP contribution < -0.4 is 15.2 Å². The van der Waals surface area contributed by atoms with Crippen molar-refractivity contribution in [2.24, 2.45) is 0 Å². The van der Waals surface area contributed by atoms with E-state index in [9.17, 15) is 0 Å². The normalized spacial score (nSPS) is 15.5. The first-order valence-corrected chi connectivity index (χ1v) is 8.22. The molecule has 2 aromatic rings. The van der Waals surface area contributed by atoms with Crippen molar-refractivity contribution >= 4 is 21.6 Å². The zero-order valence-electron chi connectivity index (χ0n) is 12.2. The SMILES string of the molecule is Nc1c(Oc2ccc(Br)cc2)ncnc1OC1CCCCC1. The van der Waals surface area contributed by atoms with E-state index in [0.29, 0.717) is 23.2 Å². The fourth-order valence-corrected chi connectivity index (χ4v) is 2.76. The number of halogens is 1. The lowest BCUT2D eigenvalue weighted by Crippen LogP contribution is -2.21. The summed E-state index contributed by atoms with van der Waals surface area (Å²) in [4.78, 5) is 8.24. The third-order valence-corrected chi connectivity index (χ3v) is 4.20. The van der Waals surface area contributed by atoms with Gasteiger partial charge in [-0.1, -0.05) is 22.4 Å². The second-order valence-corrected chi connectivity index (χ2v) is 6.25. The van der Waals surface area contributed by atoms with E-state index in [2.05, 4.69) is 25.9 Å². The van der Waals surface area contributed by atoms with Crippen LogP contribution in [0.2, 0.25) is 0 Å². The quantitative estimate of drug-likeness (QED) is 0.875. The number of hydrogen-bond donors (Lipinski definition) is 1. The van der Waals surface area contributed by atoms with Gasteiger partial charge in [0, 0.05) is 4.47 Å². The maximum atomic E-state index is 6.09. The topological polar surface area (TPSA) is 70.3 Å². The van der Waals surface area contributed by atoms with Gasteiger partial charge in [-0.25, -0.2) is 0 Å². The Morgan fingerprint density at radius 2 is 1.68 bits per heavy atom. The molecule has 2 N–H and O–H groups in total. The predicted octanol–water partition coefficient (Wildman–Crippen LogP) is 4.33. The molecule has 5 nitrogen and oxygen atoms in total. The van der Waals surface area contributed by atoms with Gasteiger partial charge in [0.15, 0.2) is 5.69 Å². The summed E-state index contributed by atoms with van der Waals surface area (Å²) in [6.07, 6.45) is 7.36. The van der Waals surface area contributed by atoms with Crippen LogP contribution in [0.4, 0.5) is 5.69 Å². The standard InChI is InChI=1S/C16H18BrN3O2/c17-11-6-8-13(9-7-11)22-16-14(18)15(19-10-20-16)21-12-4-2-1-3-5-12/h6-10,12H,1-5,18H2. The molecule has 1 aromatic heterocycles. The molecule has 0 bridgehead atoms. The number of rotatable bonds is 4. The molecule has 1 heterocycles. The minimum Gasteiger partial charge on any atom is -0.473 e. The van der Waals surface area contributed by atoms with Crippen LogP contribution in [-0.2, 0) is 0 Å². The van der Waals surface area contributed by atoms with Crippen LogP contribution in [0.1, 0.15) is 32.1 Å². The highest BCUT2D eigenvalue weighted by molar-refractivity contribution is 9.10. The number of nitrogens with two attached hydrogens (primary N) is 1. The van der Waals surface area contributed by atoms with Crippen molar-refractivity contribution in [2.75, 3.05) is 5.73 Å². The number of aromatic nitrogens is 2. The molecule has 116 valence electrons. The molecule has 0 saturated heterocycles. The van der Waals surface area contributed by atoms with E-state index >= 15 is 0 Å². The van der Waals surface area contributed by atoms with E-state index in [0.717, 1.165) is 17.3 Å². The third-order valence-electron chi connectivity index (χ3n) is 3.67. The Hall–Kier alpha value is -1.82. The van der Waals surface area contributed by atoms with Crippen molar-refractivity contribution in [3.63, 3.8) is 0 Å². The summed E-state index contributed by atoms with van der Waals surface area (Å²) >= 11 is 3.39. The molecule has 0 unspecified atom stereocenters. The van der Waals surface area contributed by atoms with Gasteiger partial charge in [-0.05, 0) is 49.9 Å². The number of hydrogen-bond acceptors (Lipinski definition) is 5. The summed E-state index contributed by atoms with van der Waals surface area (Å²) in [6.45, 7) is 0. The van der Waals surface area contributed by atoms with Crippen molar-refractivity contribution < 1.29 is 9.47 Å². The zero-order chi connectivity index (χ0) is 15.4. The molecule has 3 rings (SSSR count). The van der Waals surface area contributed by atoms with Crippen molar-refractivity contribution in [2.45, 2.75) is 38.2 Å². The van der Waals surface area contributed by atoms with Gasteiger partial charge in [-0.15, -0.1) is 0 Å². The van der Waals surface area contributed by atoms with Crippen molar-refractivity contribution in [3.05, 3.63) is 35.1 Å². The van der Waals surface area contributed by atoms with Crippen LogP contribution in [0.25, 0.3) is 0 Å². The van der Waals surface area contributed by atoms with Crippen molar-refractivity contribution in [1.82, 2.24) is 9.97 Å². The van der Waals surface area contributed by atoms with Gasteiger partial charge in [-0.2, -0.15) is 9.97 Å². The number of benzene rings is 1. The highest BCUT2D eigenvalue weighted by Gasteiger charge is 2.19. The van der Waals surface area contributed by atoms with Crippen LogP contribution in [0.15, 0.2) is 35.1 Å². The molecule has 1 aliphatic carbocycles. The first kappa shape index (κ1) is 15.1. The maximum Gasteiger partial charge on any atom is 0.249 e. The highest BCUT2D eigenvalue weighted by atomic mass is 79.9. The van der Waals surface area contributed by atoms with Crippen LogP contribution in [0.3, 0.4) is 0 Å². The Bertz CT molecular complexity index is 628. The number of nitrogens with zero attached hydrogens (tertiary/aromatic N) is 2. The number of anilines is 1. The van der Waals surface area contributed by atoms with Gasteiger partial charge in [-0.3, -0.25) is 0 Å². The average Bonchev–Trinajstić information content (AvgIpc) is 2.54. The minimum absolute atomic E-state index is 0.187. The first-order chi connectivity index (χ1) is 10.7. The third kappa shape index (κ3) is 3.68. The van der Waals surface area contributed by atoms with Gasteiger partial charge < -0.3 is 15.2 Å². The van der Waals surface area contributed by atoms with Gasteiger partial charge in [0.2, 0.25) is 11.8 Å². The Labute approximate surface area is 138 Å². The fourth-order valence-electron chi connectivity index (χ4n) is 2.49. The minimum atomic E-state index is 0.187.